The Kier molecular flexibility index (Phi) is 7.51. The maximum absolute atomic E-state index is 11.9. The lowest BCUT2D eigenvalue weighted by molar-refractivity contribution is -0.139. The van der Waals surface area contributed by atoms with E-state index in [-0.39, 0.29) is 0 Å². The Morgan fingerprint density at radius 1 is 1.12 bits per heavy atom. The summed E-state index contributed by atoms with van der Waals surface area (Å²) >= 11 is 0. The molecule has 0 bridgehead atoms. The molecule has 0 aliphatic heterocycles. The molecular weight excluding hydrogens is 314 g/mol. The molecule has 3 N–H and O–H groups in total. The molecule has 1 aromatic heterocycles. The lowest BCUT2D eigenvalue weighted by Gasteiger charge is -2.15. The van der Waals surface area contributed by atoms with Gasteiger partial charge in [-0.1, -0.05) is 51.3 Å². The summed E-state index contributed by atoms with van der Waals surface area (Å²) in [5.41, 5.74) is 2.22. The van der Waals surface area contributed by atoms with Gasteiger partial charge in [0.25, 0.3) is 0 Å². The van der Waals surface area contributed by atoms with Crippen LogP contribution in [-0.4, -0.2) is 29.9 Å². The fourth-order valence-corrected chi connectivity index (χ4v) is 2.99. The predicted molar refractivity (Wildman–Crippen MR) is 101 cm³/mol. The highest BCUT2D eigenvalue weighted by Crippen LogP contribution is 2.17. The zero-order chi connectivity index (χ0) is 18.1. The van der Waals surface area contributed by atoms with Gasteiger partial charge in [0.2, 0.25) is 0 Å². The molecule has 0 aliphatic rings. The number of amides is 2. The van der Waals surface area contributed by atoms with Crippen LogP contribution in [0.5, 0.6) is 0 Å². The largest absolute Gasteiger partial charge is 0.361 e. The van der Waals surface area contributed by atoms with E-state index in [2.05, 4.69) is 35.5 Å². The van der Waals surface area contributed by atoms with Gasteiger partial charge in [-0.05, 0) is 30.4 Å². The SMILES string of the molecule is CCCC[C@H](CC)CNC(=O)C(=O)NCCc1c[nH]c2ccccc12. The van der Waals surface area contributed by atoms with Crippen molar-refractivity contribution in [1.29, 1.82) is 0 Å². The first-order chi connectivity index (χ1) is 12.2. The van der Waals surface area contributed by atoms with Gasteiger partial charge in [0.1, 0.15) is 0 Å². The van der Waals surface area contributed by atoms with Gasteiger partial charge in [0, 0.05) is 30.2 Å². The quantitative estimate of drug-likeness (QED) is 0.612. The van der Waals surface area contributed by atoms with Crippen LogP contribution in [0.25, 0.3) is 10.9 Å². The number of para-hydroxylation sites is 1. The maximum atomic E-state index is 11.9. The molecule has 0 saturated carbocycles. The van der Waals surface area contributed by atoms with Gasteiger partial charge in [0.05, 0.1) is 0 Å². The molecule has 0 aliphatic carbocycles. The van der Waals surface area contributed by atoms with Gasteiger partial charge >= 0.3 is 11.8 Å². The average Bonchev–Trinajstić information content (AvgIpc) is 3.05. The minimum absolute atomic E-state index is 0.446. The lowest BCUT2D eigenvalue weighted by Crippen LogP contribution is -2.42. The summed E-state index contributed by atoms with van der Waals surface area (Å²) in [6, 6.07) is 8.05. The van der Waals surface area contributed by atoms with Gasteiger partial charge in [-0.25, -0.2) is 0 Å². The van der Waals surface area contributed by atoms with Crippen molar-refractivity contribution in [3.63, 3.8) is 0 Å². The molecule has 5 nitrogen and oxygen atoms in total. The number of aromatic nitrogens is 1. The van der Waals surface area contributed by atoms with Crippen LogP contribution in [0, 0.1) is 5.92 Å². The van der Waals surface area contributed by atoms with Gasteiger partial charge in [0.15, 0.2) is 0 Å². The molecule has 2 aromatic rings. The van der Waals surface area contributed by atoms with Crippen LogP contribution in [0.1, 0.15) is 45.1 Å². The molecule has 2 rings (SSSR count). The third kappa shape index (κ3) is 5.62. The number of fused-ring (bicyclic) bond motifs is 1. The van der Waals surface area contributed by atoms with E-state index in [9.17, 15) is 9.59 Å². The van der Waals surface area contributed by atoms with Gasteiger partial charge in [-0.3, -0.25) is 9.59 Å². The van der Waals surface area contributed by atoms with Crippen LogP contribution in [-0.2, 0) is 16.0 Å². The fraction of sp³-hybridized carbons (Fsp3) is 0.500. The van der Waals surface area contributed by atoms with Gasteiger partial charge in [-0.2, -0.15) is 0 Å². The summed E-state index contributed by atoms with van der Waals surface area (Å²) in [7, 11) is 0. The number of carbonyl (C=O) groups excluding carboxylic acids is 2. The fourth-order valence-electron chi connectivity index (χ4n) is 2.99. The first kappa shape index (κ1) is 19.0. The second-order valence-corrected chi connectivity index (χ2v) is 6.49. The summed E-state index contributed by atoms with van der Waals surface area (Å²) in [6.07, 6.45) is 7.06. The minimum atomic E-state index is -0.551. The maximum Gasteiger partial charge on any atom is 0.309 e. The van der Waals surface area contributed by atoms with Crippen LogP contribution in [0.2, 0.25) is 0 Å². The Labute approximate surface area is 149 Å². The summed E-state index contributed by atoms with van der Waals surface area (Å²) in [5.74, 6) is -0.637. The Balaban J connectivity index is 1.73. The zero-order valence-electron chi connectivity index (χ0n) is 15.2. The number of rotatable bonds is 9. The smallest absolute Gasteiger partial charge is 0.309 e. The van der Waals surface area contributed by atoms with Crippen LogP contribution in [0.15, 0.2) is 30.5 Å². The second kappa shape index (κ2) is 9.87. The Morgan fingerprint density at radius 2 is 1.88 bits per heavy atom. The third-order valence-electron chi connectivity index (χ3n) is 4.66. The van der Waals surface area contributed by atoms with Crippen molar-refractivity contribution < 1.29 is 9.59 Å². The van der Waals surface area contributed by atoms with Crippen molar-refractivity contribution in [3.8, 4) is 0 Å². The highest BCUT2D eigenvalue weighted by Gasteiger charge is 2.15. The molecule has 1 aromatic carbocycles. The Morgan fingerprint density at radius 3 is 2.64 bits per heavy atom. The van der Waals surface area contributed by atoms with Crippen LogP contribution >= 0.6 is 0 Å². The number of hydrogen-bond donors (Lipinski definition) is 3. The van der Waals surface area contributed by atoms with Crippen molar-refractivity contribution in [1.82, 2.24) is 15.6 Å². The monoisotopic (exact) mass is 343 g/mol. The van der Waals surface area contributed by atoms with E-state index in [1.807, 2.05) is 24.4 Å². The van der Waals surface area contributed by atoms with Crippen LogP contribution in [0.4, 0.5) is 0 Å². The number of hydrogen-bond acceptors (Lipinski definition) is 2. The second-order valence-electron chi connectivity index (χ2n) is 6.49. The van der Waals surface area contributed by atoms with E-state index in [1.54, 1.807) is 0 Å². The molecular formula is C20H29N3O2. The van der Waals surface area contributed by atoms with E-state index in [1.165, 1.54) is 0 Å². The van der Waals surface area contributed by atoms with Crippen molar-refractivity contribution in [2.45, 2.75) is 46.0 Å². The minimum Gasteiger partial charge on any atom is -0.361 e. The number of carbonyl (C=O) groups is 2. The lowest BCUT2D eigenvalue weighted by atomic mass is 9.99. The number of aromatic amines is 1. The molecule has 1 atom stereocenters. The topological polar surface area (TPSA) is 74.0 Å². The summed E-state index contributed by atoms with van der Waals surface area (Å²) in [5, 5.41) is 6.62. The molecule has 0 saturated heterocycles. The van der Waals surface area contributed by atoms with Crippen LogP contribution < -0.4 is 10.6 Å². The van der Waals surface area contributed by atoms with Crippen LogP contribution in [0.3, 0.4) is 0 Å². The number of nitrogens with one attached hydrogen (secondary N) is 3. The number of benzene rings is 1. The van der Waals surface area contributed by atoms with E-state index < -0.39 is 11.8 Å². The molecule has 5 heteroatoms. The first-order valence-electron chi connectivity index (χ1n) is 9.26. The predicted octanol–water partition coefficient (Wildman–Crippen LogP) is 3.16. The Bertz CT molecular complexity index is 693. The van der Waals surface area contributed by atoms with E-state index in [0.717, 1.165) is 42.1 Å². The number of unbranched alkanes of at least 4 members (excludes halogenated alkanes) is 1. The summed E-state index contributed by atoms with van der Waals surface area (Å²) < 4.78 is 0. The standard InChI is InChI=1S/C20H29N3O2/c1-3-5-8-15(4-2)13-23-20(25)19(24)21-12-11-16-14-22-18-10-7-6-9-17(16)18/h6-7,9-10,14-15,22H,3-5,8,11-13H2,1-2H3,(H,21,24)(H,23,25)/t15-/m0/s1. The first-order valence-corrected chi connectivity index (χ1v) is 9.26. The van der Waals surface area contributed by atoms with E-state index in [0.29, 0.717) is 25.4 Å². The van der Waals surface area contributed by atoms with Crippen molar-refractivity contribution in [2.24, 2.45) is 5.92 Å². The highest BCUT2D eigenvalue weighted by atomic mass is 16.2. The molecule has 0 radical (unpaired) electrons. The summed E-state index contributed by atoms with van der Waals surface area (Å²) in [4.78, 5) is 27.0. The molecule has 0 unspecified atom stereocenters. The zero-order valence-corrected chi connectivity index (χ0v) is 15.2. The Hall–Kier alpha value is -2.30. The molecule has 25 heavy (non-hydrogen) atoms. The van der Waals surface area contributed by atoms with E-state index >= 15 is 0 Å². The molecule has 1 heterocycles. The molecule has 136 valence electrons. The normalized spacial score (nSPS) is 12.1. The van der Waals surface area contributed by atoms with Crippen molar-refractivity contribution >= 4 is 22.7 Å². The number of H-pyrrole nitrogens is 1. The van der Waals surface area contributed by atoms with Gasteiger partial charge in [-0.15, -0.1) is 0 Å². The van der Waals surface area contributed by atoms with Crippen molar-refractivity contribution in [3.05, 3.63) is 36.0 Å². The highest BCUT2D eigenvalue weighted by molar-refractivity contribution is 6.35. The molecule has 2 amide bonds. The summed E-state index contributed by atoms with van der Waals surface area (Å²) in [6.45, 7) is 5.30. The van der Waals surface area contributed by atoms with Crippen molar-refractivity contribution in [2.75, 3.05) is 13.1 Å². The third-order valence-corrected chi connectivity index (χ3v) is 4.66. The van der Waals surface area contributed by atoms with Gasteiger partial charge < -0.3 is 15.6 Å². The average molecular weight is 343 g/mol. The van der Waals surface area contributed by atoms with E-state index in [4.69, 9.17) is 0 Å². The molecule has 0 spiro atoms. The molecule has 0 fully saturated rings.